The minimum absolute atomic E-state index is 0.128. The molecule has 0 bridgehead atoms. The van der Waals surface area contributed by atoms with E-state index in [4.69, 9.17) is 9.40 Å². The SMILES string of the molecule is Cc1cc(C)c(NC(=O)CSc2nc3c(oc4ccccc43)c(=O)n2CCC(C)C)c(C)c1. The molecule has 2 aromatic heterocycles. The highest BCUT2D eigenvalue weighted by molar-refractivity contribution is 7.99. The number of thioether (sulfide) groups is 1. The number of fused-ring (bicyclic) bond motifs is 3. The fourth-order valence-electron chi connectivity index (χ4n) is 4.03. The minimum Gasteiger partial charge on any atom is -0.448 e. The van der Waals surface area contributed by atoms with Gasteiger partial charge in [-0.3, -0.25) is 14.2 Å². The molecule has 2 heterocycles. The lowest BCUT2D eigenvalue weighted by Gasteiger charge is -2.14. The number of nitrogens with zero attached hydrogens (tertiary/aromatic N) is 2. The molecule has 0 atom stereocenters. The van der Waals surface area contributed by atoms with Crippen molar-refractivity contribution in [1.82, 2.24) is 9.55 Å². The highest BCUT2D eigenvalue weighted by Crippen LogP contribution is 2.28. The first-order valence-corrected chi connectivity index (χ1v) is 12.2. The van der Waals surface area contributed by atoms with Gasteiger partial charge in [-0.1, -0.05) is 55.4 Å². The summed E-state index contributed by atoms with van der Waals surface area (Å²) in [6, 6.07) is 11.6. The molecule has 1 amide bonds. The van der Waals surface area contributed by atoms with E-state index in [0.717, 1.165) is 34.2 Å². The molecule has 0 aliphatic rings. The van der Waals surface area contributed by atoms with Crippen molar-refractivity contribution in [1.29, 1.82) is 0 Å². The van der Waals surface area contributed by atoms with Gasteiger partial charge >= 0.3 is 0 Å². The predicted octanol–water partition coefficient (Wildman–Crippen LogP) is 5.84. The van der Waals surface area contributed by atoms with Gasteiger partial charge in [0.25, 0.3) is 5.56 Å². The standard InChI is InChI=1S/C26H29N3O3S/c1-15(2)10-11-29-25(31)24-23(19-8-6-7-9-20(19)32-24)28-26(29)33-14-21(30)27-22-17(4)12-16(3)13-18(22)5/h6-9,12-13,15H,10-11,14H2,1-5H3,(H,27,30). The van der Waals surface area contributed by atoms with Crippen LogP contribution in [0.4, 0.5) is 5.69 Å². The Hall–Kier alpha value is -3.06. The van der Waals surface area contributed by atoms with Crippen LogP contribution in [-0.2, 0) is 11.3 Å². The Morgan fingerprint density at radius 2 is 1.85 bits per heavy atom. The summed E-state index contributed by atoms with van der Waals surface area (Å²) in [5.74, 6) is 0.455. The Bertz CT molecular complexity index is 1380. The van der Waals surface area contributed by atoms with Crippen molar-refractivity contribution in [2.24, 2.45) is 5.92 Å². The number of rotatable bonds is 7. The normalized spacial score (nSPS) is 11.6. The second-order valence-electron chi connectivity index (χ2n) is 8.92. The van der Waals surface area contributed by atoms with Gasteiger partial charge in [-0.25, -0.2) is 4.98 Å². The fourth-order valence-corrected chi connectivity index (χ4v) is 4.85. The van der Waals surface area contributed by atoms with Crippen LogP contribution in [0.25, 0.3) is 22.1 Å². The average molecular weight is 464 g/mol. The zero-order valence-electron chi connectivity index (χ0n) is 19.7. The number of hydrogen-bond donors (Lipinski definition) is 1. The third-order valence-electron chi connectivity index (χ3n) is 5.65. The summed E-state index contributed by atoms with van der Waals surface area (Å²) in [4.78, 5) is 30.9. The monoisotopic (exact) mass is 463 g/mol. The van der Waals surface area contributed by atoms with Crippen LogP contribution in [0, 0.1) is 26.7 Å². The van der Waals surface area contributed by atoms with E-state index in [9.17, 15) is 9.59 Å². The largest absolute Gasteiger partial charge is 0.448 e. The van der Waals surface area contributed by atoms with Crippen molar-refractivity contribution in [2.75, 3.05) is 11.1 Å². The van der Waals surface area contributed by atoms with Gasteiger partial charge < -0.3 is 9.73 Å². The maximum absolute atomic E-state index is 13.3. The Morgan fingerprint density at radius 1 is 1.15 bits per heavy atom. The molecule has 0 fully saturated rings. The van der Waals surface area contributed by atoms with Gasteiger partial charge in [0.05, 0.1) is 5.75 Å². The first kappa shape index (κ1) is 23.1. The highest BCUT2D eigenvalue weighted by atomic mass is 32.2. The van der Waals surface area contributed by atoms with E-state index in [1.54, 1.807) is 4.57 Å². The summed E-state index contributed by atoms with van der Waals surface area (Å²) < 4.78 is 7.49. The Labute approximate surface area is 197 Å². The number of anilines is 1. The Kier molecular flexibility index (Phi) is 6.61. The van der Waals surface area contributed by atoms with Crippen LogP contribution in [0.1, 0.15) is 37.0 Å². The van der Waals surface area contributed by atoms with Crippen molar-refractivity contribution in [2.45, 2.75) is 52.7 Å². The molecular weight excluding hydrogens is 434 g/mol. The van der Waals surface area contributed by atoms with Crippen molar-refractivity contribution in [3.63, 3.8) is 0 Å². The fraction of sp³-hybridized carbons (Fsp3) is 0.346. The number of furan rings is 1. The molecule has 33 heavy (non-hydrogen) atoms. The van der Waals surface area contributed by atoms with Gasteiger partial charge in [0, 0.05) is 17.6 Å². The quantitative estimate of drug-likeness (QED) is 0.275. The number of aromatic nitrogens is 2. The second-order valence-corrected chi connectivity index (χ2v) is 9.86. The van der Waals surface area contributed by atoms with Gasteiger partial charge in [0.15, 0.2) is 5.16 Å². The second kappa shape index (κ2) is 9.43. The van der Waals surface area contributed by atoms with E-state index < -0.39 is 0 Å². The molecule has 0 aliphatic heterocycles. The molecule has 172 valence electrons. The summed E-state index contributed by atoms with van der Waals surface area (Å²) in [6.45, 7) is 10.8. The summed E-state index contributed by atoms with van der Waals surface area (Å²) >= 11 is 1.28. The molecule has 2 aromatic carbocycles. The van der Waals surface area contributed by atoms with E-state index >= 15 is 0 Å². The number of hydrogen-bond acceptors (Lipinski definition) is 5. The number of carbonyl (C=O) groups excluding carboxylic acids is 1. The van der Waals surface area contributed by atoms with Crippen LogP contribution in [0.5, 0.6) is 0 Å². The lowest BCUT2D eigenvalue weighted by Crippen LogP contribution is -2.24. The van der Waals surface area contributed by atoms with Gasteiger partial charge in [0.1, 0.15) is 11.1 Å². The molecule has 0 radical (unpaired) electrons. The minimum atomic E-state index is -0.204. The van der Waals surface area contributed by atoms with Crippen molar-refractivity contribution >= 4 is 45.4 Å². The first-order chi connectivity index (χ1) is 15.7. The lowest BCUT2D eigenvalue weighted by atomic mass is 10.1. The van der Waals surface area contributed by atoms with Gasteiger partial charge in [0.2, 0.25) is 11.5 Å². The maximum atomic E-state index is 13.3. The van der Waals surface area contributed by atoms with Gasteiger partial charge in [-0.15, -0.1) is 0 Å². The van der Waals surface area contributed by atoms with E-state index in [-0.39, 0.29) is 22.8 Å². The van der Waals surface area contributed by atoms with Crippen LogP contribution in [0.15, 0.2) is 50.8 Å². The molecule has 4 rings (SSSR count). The summed E-state index contributed by atoms with van der Waals surface area (Å²) in [6.07, 6.45) is 0.828. The third kappa shape index (κ3) is 4.83. The summed E-state index contributed by atoms with van der Waals surface area (Å²) in [5, 5.41) is 4.37. The van der Waals surface area contributed by atoms with Gasteiger partial charge in [-0.05, 0) is 56.4 Å². The van der Waals surface area contributed by atoms with E-state index in [1.165, 1.54) is 11.8 Å². The highest BCUT2D eigenvalue weighted by Gasteiger charge is 2.19. The molecule has 0 spiro atoms. The number of nitrogens with one attached hydrogen (secondary N) is 1. The zero-order valence-corrected chi connectivity index (χ0v) is 20.5. The molecule has 4 aromatic rings. The zero-order chi connectivity index (χ0) is 23.7. The van der Waals surface area contributed by atoms with E-state index in [1.807, 2.05) is 45.0 Å². The number of amides is 1. The maximum Gasteiger partial charge on any atom is 0.297 e. The van der Waals surface area contributed by atoms with Crippen LogP contribution in [-0.4, -0.2) is 21.2 Å². The lowest BCUT2D eigenvalue weighted by molar-refractivity contribution is -0.113. The molecule has 0 saturated heterocycles. The molecular formula is C26H29N3O3S. The molecule has 0 saturated carbocycles. The Balaban J connectivity index is 1.65. The third-order valence-corrected chi connectivity index (χ3v) is 6.63. The molecule has 0 unspecified atom stereocenters. The van der Waals surface area contributed by atoms with Crippen LogP contribution in [0.3, 0.4) is 0 Å². The number of para-hydroxylation sites is 1. The summed E-state index contributed by atoms with van der Waals surface area (Å²) in [5.41, 5.74) is 5.31. The molecule has 6 nitrogen and oxygen atoms in total. The summed E-state index contributed by atoms with van der Waals surface area (Å²) in [7, 11) is 0. The predicted molar refractivity (Wildman–Crippen MR) is 135 cm³/mol. The molecule has 7 heteroatoms. The van der Waals surface area contributed by atoms with E-state index in [2.05, 4.69) is 31.3 Å². The van der Waals surface area contributed by atoms with Gasteiger partial charge in [-0.2, -0.15) is 0 Å². The first-order valence-electron chi connectivity index (χ1n) is 11.2. The number of aryl methyl sites for hydroxylation is 3. The topological polar surface area (TPSA) is 77.1 Å². The number of benzene rings is 2. The molecule has 0 aliphatic carbocycles. The van der Waals surface area contributed by atoms with E-state index in [0.29, 0.717) is 28.7 Å². The van der Waals surface area contributed by atoms with Crippen LogP contribution >= 0.6 is 11.8 Å². The van der Waals surface area contributed by atoms with Crippen molar-refractivity contribution in [3.8, 4) is 0 Å². The van der Waals surface area contributed by atoms with Crippen molar-refractivity contribution < 1.29 is 9.21 Å². The Morgan fingerprint density at radius 3 is 2.55 bits per heavy atom. The number of carbonyl (C=O) groups is 1. The smallest absolute Gasteiger partial charge is 0.297 e. The van der Waals surface area contributed by atoms with Crippen molar-refractivity contribution in [3.05, 3.63) is 63.4 Å². The van der Waals surface area contributed by atoms with Crippen LogP contribution < -0.4 is 10.9 Å². The van der Waals surface area contributed by atoms with Crippen LogP contribution in [0.2, 0.25) is 0 Å². The average Bonchev–Trinajstić information content (AvgIpc) is 3.13. The molecule has 1 N–H and O–H groups in total.